The summed E-state index contributed by atoms with van der Waals surface area (Å²) in [6.07, 6.45) is 1.52. The second kappa shape index (κ2) is 3.72. The van der Waals surface area contributed by atoms with Crippen molar-refractivity contribution in [1.29, 1.82) is 5.26 Å². The number of hydrogen-bond donors (Lipinski definition) is 0. The SMILES string of the molecule is N#CC1CC(Cl)CCC1[N+](=O)[O-]. The molecule has 4 nitrogen and oxygen atoms in total. The first-order valence-electron chi connectivity index (χ1n) is 3.82. The fraction of sp³-hybridized carbons (Fsp3) is 0.857. The molecule has 0 amide bonds. The molecule has 12 heavy (non-hydrogen) atoms. The highest BCUT2D eigenvalue weighted by molar-refractivity contribution is 6.20. The Morgan fingerprint density at radius 2 is 2.25 bits per heavy atom. The average Bonchev–Trinajstić information content (AvgIpc) is 2.03. The molecule has 0 N–H and O–H groups in total. The number of nitriles is 1. The number of halogens is 1. The number of hydrogen-bond acceptors (Lipinski definition) is 3. The predicted octanol–water partition coefficient (Wildman–Crippen LogP) is 1.56. The molecule has 0 heterocycles. The molecule has 1 saturated carbocycles. The van der Waals surface area contributed by atoms with Crippen LogP contribution in [0.1, 0.15) is 19.3 Å². The van der Waals surface area contributed by atoms with Crippen molar-refractivity contribution < 1.29 is 4.92 Å². The Bertz CT molecular complexity index is 226. The monoisotopic (exact) mass is 188 g/mol. The lowest BCUT2D eigenvalue weighted by Gasteiger charge is -2.23. The Kier molecular flexibility index (Phi) is 2.88. The zero-order valence-electron chi connectivity index (χ0n) is 6.44. The van der Waals surface area contributed by atoms with Crippen LogP contribution in [0.4, 0.5) is 0 Å². The van der Waals surface area contributed by atoms with E-state index >= 15 is 0 Å². The third kappa shape index (κ3) is 1.86. The third-order valence-corrected chi connectivity index (χ3v) is 2.58. The van der Waals surface area contributed by atoms with Gasteiger partial charge in [-0.3, -0.25) is 10.1 Å². The van der Waals surface area contributed by atoms with Gasteiger partial charge >= 0.3 is 0 Å². The van der Waals surface area contributed by atoms with Crippen LogP contribution in [-0.2, 0) is 0 Å². The maximum absolute atomic E-state index is 10.4. The van der Waals surface area contributed by atoms with Gasteiger partial charge in [-0.25, -0.2) is 0 Å². The van der Waals surface area contributed by atoms with E-state index < -0.39 is 12.0 Å². The van der Waals surface area contributed by atoms with E-state index in [2.05, 4.69) is 0 Å². The summed E-state index contributed by atoms with van der Waals surface area (Å²) in [5.74, 6) is -0.503. The summed E-state index contributed by atoms with van der Waals surface area (Å²) in [6, 6.07) is 1.24. The van der Waals surface area contributed by atoms with Crippen molar-refractivity contribution in [3.63, 3.8) is 0 Å². The molecule has 1 rings (SSSR count). The Balaban J connectivity index is 2.64. The number of nitrogens with zero attached hydrogens (tertiary/aromatic N) is 2. The van der Waals surface area contributed by atoms with Crippen LogP contribution >= 0.6 is 11.6 Å². The van der Waals surface area contributed by atoms with Gasteiger partial charge in [-0.1, -0.05) is 0 Å². The van der Waals surface area contributed by atoms with Crippen LogP contribution in [0.3, 0.4) is 0 Å². The lowest BCUT2D eigenvalue weighted by molar-refractivity contribution is -0.532. The van der Waals surface area contributed by atoms with Gasteiger partial charge in [0.1, 0.15) is 5.92 Å². The largest absolute Gasteiger partial charge is 0.264 e. The first-order chi connectivity index (χ1) is 5.65. The van der Waals surface area contributed by atoms with Crippen LogP contribution < -0.4 is 0 Å². The molecule has 5 heteroatoms. The molecule has 0 radical (unpaired) electrons. The van der Waals surface area contributed by atoms with Crippen molar-refractivity contribution in [1.82, 2.24) is 0 Å². The Morgan fingerprint density at radius 1 is 1.58 bits per heavy atom. The molecule has 0 saturated heterocycles. The van der Waals surface area contributed by atoms with Crippen LogP contribution in [0.15, 0.2) is 0 Å². The molecular weight excluding hydrogens is 180 g/mol. The lowest BCUT2D eigenvalue weighted by Crippen LogP contribution is -2.34. The molecule has 3 unspecified atom stereocenters. The fourth-order valence-corrected chi connectivity index (χ4v) is 1.81. The van der Waals surface area contributed by atoms with E-state index in [1.54, 1.807) is 0 Å². The highest BCUT2D eigenvalue weighted by Crippen LogP contribution is 2.29. The minimum atomic E-state index is -0.704. The maximum Gasteiger partial charge on any atom is 0.228 e. The van der Waals surface area contributed by atoms with E-state index in [-0.39, 0.29) is 10.3 Å². The quantitative estimate of drug-likeness (QED) is 0.356. The van der Waals surface area contributed by atoms with Gasteiger partial charge in [0.05, 0.1) is 6.07 Å². The summed E-state index contributed by atoms with van der Waals surface area (Å²) in [5, 5.41) is 19.0. The topological polar surface area (TPSA) is 66.9 Å². The third-order valence-electron chi connectivity index (χ3n) is 2.19. The average molecular weight is 189 g/mol. The van der Waals surface area contributed by atoms with Crippen LogP contribution in [0.25, 0.3) is 0 Å². The van der Waals surface area contributed by atoms with Crippen molar-refractivity contribution >= 4 is 11.6 Å². The van der Waals surface area contributed by atoms with E-state index in [9.17, 15) is 10.1 Å². The minimum Gasteiger partial charge on any atom is -0.264 e. The fourth-order valence-electron chi connectivity index (χ4n) is 1.49. The van der Waals surface area contributed by atoms with Crippen LogP contribution in [0.2, 0.25) is 0 Å². The van der Waals surface area contributed by atoms with Gasteiger partial charge < -0.3 is 0 Å². The van der Waals surface area contributed by atoms with Crippen LogP contribution in [-0.4, -0.2) is 16.3 Å². The van der Waals surface area contributed by atoms with E-state index in [1.165, 1.54) is 0 Å². The van der Waals surface area contributed by atoms with Crippen LogP contribution in [0.5, 0.6) is 0 Å². The minimum absolute atomic E-state index is 0.0640. The summed E-state index contributed by atoms with van der Waals surface area (Å²) in [6.45, 7) is 0. The highest BCUT2D eigenvalue weighted by atomic mass is 35.5. The number of nitro groups is 1. The smallest absolute Gasteiger partial charge is 0.228 e. The first-order valence-corrected chi connectivity index (χ1v) is 4.26. The van der Waals surface area contributed by atoms with Crippen molar-refractivity contribution in [2.45, 2.75) is 30.7 Å². The van der Waals surface area contributed by atoms with Gasteiger partial charge in [-0.15, -0.1) is 11.6 Å². The maximum atomic E-state index is 10.4. The van der Waals surface area contributed by atoms with Crippen molar-refractivity contribution in [2.75, 3.05) is 0 Å². The van der Waals surface area contributed by atoms with Crippen molar-refractivity contribution in [3.8, 4) is 6.07 Å². The summed E-state index contributed by atoms with van der Waals surface area (Å²) in [7, 11) is 0. The molecule has 0 aromatic carbocycles. The molecule has 0 aliphatic heterocycles. The molecule has 1 fully saturated rings. The van der Waals surface area contributed by atoms with E-state index in [4.69, 9.17) is 16.9 Å². The van der Waals surface area contributed by atoms with E-state index in [0.717, 1.165) is 0 Å². The predicted molar refractivity (Wildman–Crippen MR) is 43.4 cm³/mol. The van der Waals surface area contributed by atoms with Crippen molar-refractivity contribution in [2.24, 2.45) is 5.92 Å². The molecule has 0 bridgehead atoms. The van der Waals surface area contributed by atoms with Gasteiger partial charge in [0.25, 0.3) is 0 Å². The summed E-state index contributed by atoms with van der Waals surface area (Å²) in [4.78, 5) is 10.1. The summed E-state index contributed by atoms with van der Waals surface area (Å²) < 4.78 is 0. The van der Waals surface area contributed by atoms with Gasteiger partial charge in [-0.2, -0.15) is 5.26 Å². The second-order valence-corrected chi connectivity index (χ2v) is 3.62. The highest BCUT2D eigenvalue weighted by Gasteiger charge is 2.37. The second-order valence-electron chi connectivity index (χ2n) is 3.00. The standard InChI is InChI=1S/C7H9ClN2O2/c8-6-1-2-7(10(11)12)5(3-6)4-9/h5-7H,1-3H2. The van der Waals surface area contributed by atoms with Gasteiger partial charge in [0.2, 0.25) is 6.04 Å². The molecule has 1 aliphatic carbocycles. The molecule has 66 valence electrons. The molecule has 0 aromatic heterocycles. The van der Waals surface area contributed by atoms with Crippen LogP contribution in [0, 0.1) is 27.4 Å². The first kappa shape index (κ1) is 9.27. The van der Waals surface area contributed by atoms with E-state index in [1.807, 2.05) is 6.07 Å². The van der Waals surface area contributed by atoms with E-state index in [0.29, 0.717) is 19.3 Å². The molecule has 1 aliphatic rings. The molecule has 0 spiro atoms. The normalized spacial score (nSPS) is 35.5. The number of alkyl halides is 1. The summed E-state index contributed by atoms with van der Waals surface area (Å²) >= 11 is 5.79. The summed E-state index contributed by atoms with van der Waals surface area (Å²) in [5.41, 5.74) is 0. The molecule has 3 atom stereocenters. The van der Waals surface area contributed by atoms with Crippen molar-refractivity contribution in [3.05, 3.63) is 10.1 Å². The Labute approximate surface area is 75.3 Å². The Morgan fingerprint density at radius 3 is 2.75 bits per heavy atom. The molecule has 0 aromatic rings. The lowest BCUT2D eigenvalue weighted by atomic mass is 9.86. The van der Waals surface area contributed by atoms with Gasteiger partial charge in [0.15, 0.2) is 0 Å². The van der Waals surface area contributed by atoms with Gasteiger partial charge in [0, 0.05) is 16.7 Å². The Hall–Kier alpha value is -0.820. The van der Waals surface area contributed by atoms with Gasteiger partial charge in [-0.05, 0) is 12.8 Å². The number of rotatable bonds is 1. The zero-order valence-corrected chi connectivity index (χ0v) is 7.20. The molecular formula is C7H9ClN2O2. The zero-order chi connectivity index (χ0) is 9.14.